The highest BCUT2D eigenvalue weighted by Crippen LogP contribution is 2.31. The summed E-state index contributed by atoms with van der Waals surface area (Å²) in [5.74, 6) is -1.71. The first kappa shape index (κ1) is 21.8. The molecule has 2 aliphatic rings. The van der Waals surface area contributed by atoms with Crippen LogP contribution in [0.2, 0.25) is 0 Å². The fraction of sp³-hybridized carbons (Fsp3) is 0.471. The molecule has 2 heterocycles. The van der Waals surface area contributed by atoms with Gasteiger partial charge < -0.3 is 25.4 Å². The minimum Gasteiger partial charge on any atom is -0.474 e. The second-order valence-electron chi connectivity index (χ2n) is 6.51. The lowest BCUT2D eigenvalue weighted by Crippen LogP contribution is -2.38. The van der Waals surface area contributed by atoms with Crippen LogP contribution in [0.15, 0.2) is 12.1 Å². The van der Waals surface area contributed by atoms with E-state index in [2.05, 4.69) is 5.32 Å². The van der Waals surface area contributed by atoms with Crippen molar-refractivity contribution in [1.29, 1.82) is 0 Å². The predicted molar refractivity (Wildman–Crippen MR) is 106 cm³/mol. The molecular formula is C17H21F2N5O5S. The van der Waals surface area contributed by atoms with Gasteiger partial charge in [0.2, 0.25) is 0 Å². The van der Waals surface area contributed by atoms with Gasteiger partial charge in [-0.15, -0.1) is 0 Å². The van der Waals surface area contributed by atoms with Crippen molar-refractivity contribution in [2.24, 2.45) is 5.73 Å². The van der Waals surface area contributed by atoms with E-state index in [1.54, 1.807) is 0 Å². The molecule has 1 aromatic rings. The van der Waals surface area contributed by atoms with Gasteiger partial charge in [0.05, 0.1) is 39.0 Å². The van der Waals surface area contributed by atoms with Gasteiger partial charge >= 0.3 is 12.1 Å². The van der Waals surface area contributed by atoms with E-state index in [1.807, 2.05) is 0 Å². The van der Waals surface area contributed by atoms with Gasteiger partial charge in [-0.1, -0.05) is 0 Å². The Morgan fingerprint density at radius 1 is 1.33 bits per heavy atom. The summed E-state index contributed by atoms with van der Waals surface area (Å²) in [5.41, 5.74) is 4.92. The van der Waals surface area contributed by atoms with Crippen LogP contribution in [0, 0.1) is 11.6 Å². The van der Waals surface area contributed by atoms with Crippen LogP contribution in [0.5, 0.6) is 0 Å². The number of hydroxylamine groups is 2. The number of nitrogens with zero attached hydrogens (tertiary/aromatic N) is 3. The van der Waals surface area contributed by atoms with Crippen LogP contribution >= 0.6 is 12.2 Å². The maximum atomic E-state index is 14.8. The van der Waals surface area contributed by atoms with Gasteiger partial charge in [-0.25, -0.2) is 23.4 Å². The van der Waals surface area contributed by atoms with E-state index in [9.17, 15) is 18.4 Å². The number of primary amides is 1. The molecule has 0 radical (unpaired) electrons. The summed E-state index contributed by atoms with van der Waals surface area (Å²) in [6, 6.07) is 1.34. The molecule has 0 unspecified atom stereocenters. The van der Waals surface area contributed by atoms with Crippen molar-refractivity contribution in [2.45, 2.75) is 6.10 Å². The highest BCUT2D eigenvalue weighted by atomic mass is 32.1. The van der Waals surface area contributed by atoms with E-state index in [1.165, 1.54) is 12.0 Å². The number of methoxy groups -OCH3 is 1. The Morgan fingerprint density at radius 3 is 2.67 bits per heavy atom. The quantitative estimate of drug-likeness (QED) is 0.660. The Hall–Kier alpha value is -2.93. The Morgan fingerprint density at radius 2 is 2.03 bits per heavy atom. The summed E-state index contributed by atoms with van der Waals surface area (Å²) in [6.07, 6.45) is -1.30. The molecule has 3 N–H and O–H groups in total. The molecule has 3 amide bonds. The maximum absolute atomic E-state index is 14.8. The van der Waals surface area contributed by atoms with Gasteiger partial charge in [0.15, 0.2) is 11.6 Å². The number of nitrogens with two attached hydrogens (primary N) is 1. The highest BCUT2D eigenvalue weighted by molar-refractivity contribution is 7.80. The monoisotopic (exact) mass is 445 g/mol. The van der Waals surface area contributed by atoms with E-state index in [0.717, 1.165) is 22.1 Å². The molecule has 1 aromatic carbocycles. The van der Waals surface area contributed by atoms with E-state index in [4.69, 9.17) is 32.3 Å². The molecule has 0 bridgehead atoms. The largest absolute Gasteiger partial charge is 0.474 e. The predicted octanol–water partition coefficient (Wildman–Crippen LogP) is 0.943. The van der Waals surface area contributed by atoms with Crippen molar-refractivity contribution in [1.82, 2.24) is 10.4 Å². The summed E-state index contributed by atoms with van der Waals surface area (Å²) in [7, 11) is 1.40. The number of amides is 3. The number of ether oxygens (including phenoxy) is 2. The summed E-state index contributed by atoms with van der Waals surface area (Å²) in [5, 5.41) is 3.84. The van der Waals surface area contributed by atoms with Gasteiger partial charge in [-0.05, 0) is 12.2 Å². The normalized spacial score (nSPS) is 19.4. The van der Waals surface area contributed by atoms with Gasteiger partial charge in [0, 0.05) is 25.2 Å². The van der Waals surface area contributed by atoms with Crippen LogP contribution in [0.3, 0.4) is 0 Å². The third-order valence-corrected chi connectivity index (χ3v) is 4.90. The second-order valence-corrected chi connectivity index (χ2v) is 6.88. The van der Waals surface area contributed by atoms with Crippen LogP contribution < -0.4 is 20.9 Å². The number of nitrogens with one attached hydrogen (secondary N) is 1. The number of thiocarbonyl (C=S) groups is 1. The van der Waals surface area contributed by atoms with E-state index >= 15 is 0 Å². The van der Waals surface area contributed by atoms with Gasteiger partial charge in [0.25, 0.3) is 5.17 Å². The van der Waals surface area contributed by atoms with Crippen molar-refractivity contribution < 1.29 is 32.7 Å². The number of anilines is 2. The third kappa shape index (κ3) is 4.79. The van der Waals surface area contributed by atoms with E-state index < -0.39 is 29.9 Å². The first-order valence-electron chi connectivity index (χ1n) is 9.04. The number of urea groups is 1. The van der Waals surface area contributed by atoms with Gasteiger partial charge in [-0.3, -0.25) is 9.74 Å². The number of hydrogen-bond acceptors (Lipinski definition) is 7. The lowest BCUT2D eigenvalue weighted by atomic mass is 10.2. The number of carbonyl (C=O) groups excluding carboxylic acids is 2. The number of halogens is 2. The average Bonchev–Trinajstić information content (AvgIpc) is 2.90. The molecule has 0 aliphatic carbocycles. The lowest BCUT2D eigenvalue weighted by Gasteiger charge is -2.24. The summed E-state index contributed by atoms with van der Waals surface area (Å²) < 4.78 is 39.6. The molecular weight excluding hydrogens is 424 g/mol. The Bertz CT molecular complexity index is 822. The molecule has 10 nitrogen and oxygen atoms in total. The van der Waals surface area contributed by atoms with Crippen molar-refractivity contribution in [2.75, 3.05) is 56.2 Å². The fourth-order valence-corrected chi connectivity index (χ4v) is 3.25. The molecule has 3 rings (SSSR count). The van der Waals surface area contributed by atoms with Crippen LogP contribution in [0.1, 0.15) is 0 Å². The number of carbonyl (C=O) groups is 2. The average molecular weight is 445 g/mol. The molecule has 2 fully saturated rings. The zero-order valence-corrected chi connectivity index (χ0v) is 16.9. The minimum absolute atomic E-state index is 0.0278. The van der Waals surface area contributed by atoms with Crippen LogP contribution in [-0.4, -0.2) is 74.9 Å². The number of benzene rings is 1. The topological polar surface area (TPSA) is 110 Å². The Kier molecular flexibility index (Phi) is 6.72. The lowest BCUT2D eigenvalue weighted by molar-refractivity contribution is -0.102. The minimum atomic E-state index is -0.854. The summed E-state index contributed by atoms with van der Waals surface area (Å²) in [4.78, 5) is 31.1. The smallest absolute Gasteiger partial charge is 0.414 e. The summed E-state index contributed by atoms with van der Waals surface area (Å²) in [6.45, 7) is 0.626. The standard InChI is InChI=1S/C17H21F2N5O5S/c1-27-16(30)21-8-11-9-23(17(26)29-11)10-6-12(18)14(13(19)7-10)22-2-3-24(15(20)25)28-5-4-22/h6-7,11H,2-5,8-9H2,1H3,(H2,20,25)(H,21,30)/t11-/m0/s1. The molecule has 164 valence electrons. The Balaban J connectivity index is 1.72. The number of cyclic esters (lactones) is 1. The SMILES string of the molecule is COC(=S)NC[C@H]1CN(c2cc(F)c(N3CCON(C(N)=O)CC3)c(F)c2)C(=O)O1. The third-order valence-electron chi connectivity index (χ3n) is 4.59. The molecule has 0 saturated carbocycles. The molecule has 30 heavy (non-hydrogen) atoms. The Labute approximate surface area is 176 Å². The maximum Gasteiger partial charge on any atom is 0.414 e. The molecule has 0 aromatic heterocycles. The molecule has 0 spiro atoms. The zero-order chi connectivity index (χ0) is 21.8. The van der Waals surface area contributed by atoms with Gasteiger partial charge in [-0.2, -0.15) is 0 Å². The van der Waals surface area contributed by atoms with Crippen LogP contribution in [0.4, 0.5) is 29.7 Å². The fourth-order valence-electron chi connectivity index (χ4n) is 3.16. The first-order valence-corrected chi connectivity index (χ1v) is 9.44. The van der Waals surface area contributed by atoms with Crippen molar-refractivity contribution in [3.8, 4) is 0 Å². The highest BCUT2D eigenvalue weighted by Gasteiger charge is 2.34. The van der Waals surface area contributed by atoms with Crippen LogP contribution in [0.25, 0.3) is 0 Å². The number of hydrogen-bond donors (Lipinski definition) is 2. The van der Waals surface area contributed by atoms with Crippen molar-refractivity contribution >= 4 is 40.9 Å². The van der Waals surface area contributed by atoms with E-state index in [-0.39, 0.29) is 55.9 Å². The molecule has 2 saturated heterocycles. The van der Waals surface area contributed by atoms with Crippen molar-refractivity contribution in [3.05, 3.63) is 23.8 Å². The molecule has 13 heteroatoms. The molecule has 2 aliphatic heterocycles. The first-order chi connectivity index (χ1) is 14.3. The zero-order valence-electron chi connectivity index (χ0n) is 16.1. The second kappa shape index (κ2) is 9.26. The van der Waals surface area contributed by atoms with Crippen LogP contribution in [-0.2, 0) is 14.3 Å². The van der Waals surface area contributed by atoms with Crippen molar-refractivity contribution in [3.63, 3.8) is 0 Å². The summed E-state index contributed by atoms with van der Waals surface area (Å²) >= 11 is 4.86. The van der Waals surface area contributed by atoms with E-state index in [0.29, 0.717) is 0 Å². The number of rotatable bonds is 4. The molecule has 1 atom stereocenters. The van der Waals surface area contributed by atoms with Gasteiger partial charge in [0.1, 0.15) is 11.8 Å².